The lowest BCUT2D eigenvalue weighted by atomic mass is 10.2. The van der Waals surface area contributed by atoms with E-state index in [1.54, 1.807) is 13.2 Å². The summed E-state index contributed by atoms with van der Waals surface area (Å²) in [6.45, 7) is 6.80. The molecule has 1 N–H and O–H groups in total. The van der Waals surface area contributed by atoms with E-state index in [0.717, 1.165) is 13.0 Å². The largest absolute Gasteiger partial charge is 0.372 e. The first-order chi connectivity index (χ1) is 8.10. The van der Waals surface area contributed by atoms with E-state index in [2.05, 4.69) is 22.2 Å². The zero-order chi connectivity index (χ0) is 12.8. The van der Waals surface area contributed by atoms with Crippen molar-refractivity contribution in [1.82, 2.24) is 14.9 Å². The molecule has 0 spiro atoms. The zero-order valence-electron chi connectivity index (χ0n) is 10.9. The van der Waals surface area contributed by atoms with E-state index in [4.69, 9.17) is 0 Å². The summed E-state index contributed by atoms with van der Waals surface area (Å²) in [5, 5.41) is 2.87. The average molecular weight is 236 g/mol. The van der Waals surface area contributed by atoms with E-state index in [1.807, 2.05) is 18.7 Å². The monoisotopic (exact) mass is 236 g/mol. The van der Waals surface area contributed by atoms with Gasteiger partial charge in [0.2, 0.25) is 0 Å². The van der Waals surface area contributed by atoms with E-state index < -0.39 is 0 Å². The Hall–Kier alpha value is -1.65. The minimum atomic E-state index is -0.0583. The van der Waals surface area contributed by atoms with Crippen molar-refractivity contribution in [3.63, 3.8) is 0 Å². The normalized spacial score (nSPS) is 10.4. The molecule has 5 heteroatoms. The maximum absolute atomic E-state index is 12.2. The van der Waals surface area contributed by atoms with E-state index in [1.165, 1.54) is 6.20 Å². The molecule has 0 aliphatic rings. The van der Waals surface area contributed by atoms with Crippen LogP contribution in [0.25, 0.3) is 0 Å². The van der Waals surface area contributed by atoms with Gasteiger partial charge in [0.05, 0.1) is 12.4 Å². The number of rotatable bonds is 5. The highest BCUT2D eigenvalue weighted by Crippen LogP contribution is 2.08. The third-order valence-corrected chi connectivity index (χ3v) is 2.48. The molecule has 1 amide bonds. The molecule has 0 saturated heterocycles. The van der Waals surface area contributed by atoms with Gasteiger partial charge in [-0.2, -0.15) is 0 Å². The van der Waals surface area contributed by atoms with E-state index in [0.29, 0.717) is 11.5 Å². The second-order valence-electron chi connectivity index (χ2n) is 4.13. The summed E-state index contributed by atoms with van der Waals surface area (Å²) in [7, 11) is 1.77. The van der Waals surface area contributed by atoms with Gasteiger partial charge in [-0.15, -0.1) is 0 Å². The fourth-order valence-electron chi connectivity index (χ4n) is 1.55. The molecule has 17 heavy (non-hydrogen) atoms. The van der Waals surface area contributed by atoms with E-state index in [9.17, 15) is 4.79 Å². The molecule has 0 radical (unpaired) electrons. The molecule has 0 aliphatic carbocycles. The standard InChI is InChI=1S/C12H20N4O/c1-5-6-16(9(2)3)12(17)10-7-15-11(13-4)8-14-10/h7-9H,5-6H2,1-4H3,(H,13,15). The molecule has 1 aromatic heterocycles. The zero-order valence-corrected chi connectivity index (χ0v) is 10.9. The third-order valence-electron chi connectivity index (χ3n) is 2.48. The number of amides is 1. The van der Waals surface area contributed by atoms with E-state index in [-0.39, 0.29) is 11.9 Å². The van der Waals surface area contributed by atoms with E-state index >= 15 is 0 Å². The SMILES string of the molecule is CCCN(C(=O)c1cnc(NC)cn1)C(C)C. The molecule has 0 fully saturated rings. The van der Waals surface area contributed by atoms with Gasteiger partial charge in [0, 0.05) is 19.6 Å². The highest BCUT2D eigenvalue weighted by Gasteiger charge is 2.19. The van der Waals surface area contributed by atoms with Crippen molar-refractivity contribution in [1.29, 1.82) is 0 Å². The maximum atomic E-state index is 12.2. The Balaban J connectivity index is 2.85. The lowest BCUT2D eigenvalue weighted by molar-refractivity contribution is 0.0699. The van der Waals surface area contributed by atoms with Crippen LogP contribution in [0, 0.1) is 0 Å². The Labute approximate surface area is 102 Å². The van der Waals surface area contributed by atoms with Crippen molar-refractivity contribution in [3.8, 4) is 0 Å². The van der Waals surface area contributed by atoms with Gasteiger partial charge in [0.1, 0.15) is 11.5 Å². The van der Waals surface area contributed by atoms with Gasteiger partial charge in [0.15, 0.2) is 0 Å². The summed E-state index contributed by atoms with van der Waals surface area (Å²) in [5.74, 6) is 0.602. The predicted octanol–water partition coefficient (Wildman–Crippen LogP) is 1.78. The summed E-state index contributed by atoms with van der Waals surface area (Å²) >= 11 is 0. The van der Waals surface area contributed by atoms with Gasteiger partial charge in [-0.05, 0) is 20.3 Å². The molecular weight excluding hydrogens is 216 g/mol. The Bertz CT molecular complexity index is 361. The fourth-order valence-corrected chi connectivity index (χ4v) is 1.55. The summed E-state index contributed by atoms with van der Waals surface area (Å²) in [4.78, 5) is 22.2. The van der Waals surface area contributed by atoms with Crippen LogP contribution < -0.4 is 5.32 Å². The summed E-state index contributed by atoms with van der Waals surface area (Å²) < 4.78 is 0. The average Bonchev–Trinajstić information content (AvgIpc) is 2.35. The number of nitrogens with zero attached hydrogens (tertiary/aromatic N) is 3. The molecule has 1 rings (SSSR count). The maximum Gasteiger partial charge on any atom is 0.274 e. The minimum absolute atomic E-state index is 0.0583. The van der Waals surface area contributed by atoms with Gasteiger partial charge < -0.3 is 10.2 Å². The number of hydrogen-bond donors (Lipinski definition) is 1. The van der Waals surface area contributed by atoms with Crippen molar-refractivity contribution >= 4 is 11.7 Å². The second-order valence-corrected chi connectivity index (χ2v) is 4.13. The molecule has 0 unspecified atom stereocenters. The number of carbonyl (C=O) groups excluding carboxylic acids is 1. The fraction of sp³-hybridized carbons (Fsp3) is 0.583. The quantitative estimate of drug-likeness (QED) is 0.846. The topological polar surface area (TPSA) is 58.1 Å². The smallest absolute Gasteiger partial charge is 0.274 e. The Kier molecular flexibility index (Phi) is 4.87. The summed E-state index contributed by atoms with van der Waals surface area (Å²) in [5.41, 5.74) is 0.395. The minimum Gasteiger partial charge on any atom is -0.372 e. The first-order valence-electron chi connectivity index (χ1n) is 5.90. The second kappa shape index (κ2) is 6.18. The molecule has 0 saturated carbocycles. The summed E-state index contributed by atoms with van der Waals surface area (Å²) in [6.07, 6.45) is 4.02. The van der Waals surface area contributed by atoms with Crippen LogP contribution in [0.1, 0.15) is 37.7 Å². The Morgan fingerprint density at radius 2 is 2.12 bits per heavy atom. The number of nitrogens with one attached hydrogen (secondary N) is 1. The molecular formula is C12H20N4O. The lowest BCUT2D eigenvalue weighted by Crippen LogP contribution is -2.38. The van der Waals surface area contributed by atoms with Gasteiger partial charge in [-0.25, -0.2) is 9.97 Å². The molecule has 1 aromatic rings. The van der Waals surface area contributed by atoms with Gasteiger partial charge in [-0.1, -0.05) is 6.92 Å². The van der Waals surface area contributed by atoms with Crippen LogP contribution in [-0.2, 0) is 0 Å². The highest BCUT2D eigenvalue weighted by atomic mass is 16.2. The van der Waals surface area contributed by atoms with Gasteiger partial charge in [-0.3, -0.25) is 4.79 Å². The number of aromatic nitrogens is 2. The van der Waals surface area contributed by atoms with Crippen molar-refractivity contribution in [2.24, 2.45) is 0 Å². The number of hydrogen-bond acceptors (Lipinski definition) is 4. The molecule has 0 aromatic carbocycles. The lowest BCUT2D eigenvalue weighted by Gasteiger charge is -2.25. The van der Waals surface area contributed by atoms with Crippen LogP contribution >= 0.6 is 0 Å². The van der Waals surface area contributed by atoms with Crippen molar-refractivity contribution in [2.75, 3.05) is 18.9 Å². The van der Waals surface area contributed by atoms with Crippen LogP contribution in [0.4, 0.5) is 5.82 Å². The predicted molar refractivity (Wildman–Crippen MR) is 68.0 cm³/mol. The van der Waals surface area contributed by atoms with Gasteiger partial charge in [0.25, 0.3) is 5.91 Å². The molecule has 0 bridgehead atoms. The first-order valence-corrected chi connectivity index (χ1v) is 5.90. The van der Waals surface area contributed by atoms with Gasteiger partial charge >= 0.3 is 0 Å². The summed E-state index contributed by atoms with van der Waals surface area (Å²) in [6, 6.07) is 0.174. The first kappa shape index (κ1) is 13.4. The molecule has 5 nitrogen and oxygen atoms in total. The highest BCUT2D eigenvalue weighted by molar-refractivity contribution is 5.92. The van der Waals surface area contributed by atoms with Crippen LogP contribution in [0.3, 0.4) is 0 Å². The molecule has 1 heterocycles. The van der Waals surface area contributed by atoms with Crippen molar-refractivity contribution < 1.29 is 4.79 Å². The van der Waals surface area contributed by atoms with Crippen molar-refractivity contribution in [2.45, 2.75) is 33.2 Å². The molecule has 0 aliphatic heterocycles. The third kappa shape index (κ3) is 3.41. The number of carbonyl (C=O) groups is 1. The molecule has 0 atom stereocenters. The number of anilines is 1. The Morgan fingerprint density at radius 3 is 2.53 bits per heavy atom. The van der Waals surface area contributed by atoms with Crippen LogP contribution in [-0.4, -0.2) is 40.4 Å². The van der Waals surface area contributed by atoms with Crippen molar-refractivity contribution in [3.05, 3.63) is 18.1 Å². The molecule has 94 valence electrons. The van der Waals surface area contributed by atoms with Crippen LogP contribution in [0.2, 0.25) is 0 Å². The Morgan fingerprint density at radius 1 is 1.41 bits per heavy atom. The van der Waals surface area contributed by atoms with Crippen LogP contribution in [0.15, 0.2) is 12.4 Å². The van der Waals surface area contributed by atoms with Crippen LogP contribution in [0.5, 0.6) is 0 Å².